The van der Waals surface area contributed by atoms with Crippen molar-refractivity contribution in [3.8, 4) is 0 Å². The van der Waals surface area contributed by atoms with Gasteiger partial charge in [-0.1, -0.05) is 12.1 Å². The maximum atomic E-state index is 12.1. The first-order valence-corrected chi connectivity index (χ1v) is 6.66. The third kappa shape index (κ3) is 1.86. The lowest BCUT2D eigenvalue weighted by atomic mass is 9.91. The van der Waals surface area contributed by atoms with Gasteiger partial charge in [-0.3, -0.25) is 4.57 Å². The van der Waals surface area contributed by atoms with Crippen LogP contribution in [-0.4, -0.2) is 22.6 Å². The van der Waals surface area contributed by atoms with Gasteiger partial charge in [0.15, 0.2) is 0 Å². The standard InChI is InChI=1S/C14H19N3O/c1-15-10-6-8-11(9-7-10)17-13-5-3-2-4-12(13)16-14(17)18/h2-5,10-11,15H,6-9H2,1H3,(H,16,18). The summed E-state index contributed by atoms with van der Waals surface area (Å²) in [6, 6.07) is 8.90. The number of rotatable bonds is 2. The van der Waals surface area contributed by atoms with Gasteiger partial charge in [-0.2, -0.15) is 0 Å². The predicted molar refractivity (Wildman–Crippen MR) is 72.9 cm³/mol. The van der Waals surface area contributed by atoms with Gasteiger partial charge in [-0.05, 0) is 44.9 Å². The molecule has 0 unspecified atom stereocenters. The van der Waals surface area contributed by atoms with Crippen LogP contribution in [0.1, 0.15) is 31.7 Å². The Balaban J connectivity index is 1.95. The maximum Gasteiger partial charge on any atom is 0.326 e. The van der Waals surface area contributed by atoms with E-state index >= 15 is 0 Å². The molecule has 2 N–H and O–H groups in total. The Bertz CT molecular complexity index is 590. The first-order chi connectivity index (χ1) is 8.79. The zero-order valence-corrected chi connectivity index (χ0v) is 10.6. The molecule has 2 aromatic rings. The molecule has 1 aliphatic rings. The summed E-state index contributed by atoms with van der Waals surface area (Å²) in [5, 5.41) is 3.33. The van der Waals surface area contributed by atoms with E-state index in [9.17, 15) is 4.79 Å². The fraction of sp³-hybridized carbons (Fsp3) is 0.500. The Morgan fingerprint density at radius 3 is 2.67 bits per heavy atom. The quantitative estimate of drug-likeness (QED) is 0.850. The third-order valence-electron chi connectivity index (χ3n) is 4.09. The van der Waals surface area contributed by atoms with Crippen molar-refractivity contribution in [1.29, 1.82) is 0 Å². The lowest BCUT2D eigenvalue weighted by Gasteiger charge is -2.28. The van der Waals surface area contributed by atoms with Gasteiger partial charge in [-0.25, -0.2) is 4.79 Å². The van der Waals surface area contributed by atoms with Crippen LogP contribution in [0, 0.1) is 0 Å². The zero-order chi connectivity index (χ0) is 12.5. The summed E-state index contributed by atoms with van der Waals surface area (Å²) in [5.74, 6) is 0. The summed E-state index contributed by atoms with van der Waals surface area (Å²) in [5.41, 5.74) is 2.01. The number of nitrogens with one attached hydrogen (secondary N) is 2. The molecule has 1 saturated carbocycles. The number of para-hydroxylation sites is 2. The van der Waals surface area contributed by atoms with Gasteiger partial charge in [-0.15, -0.1) is 0 Å². The van der Waals surface area contributed by atoms with E-state index in [2.05, 4.69) is 10.3 Å². The van der Waals surface area contributed by atoms with Crippen LogP contribution >= 0.6 is 0 Å². The molecular formula is C14H19N3O. The maximum absolute atomic E-state index is 12.1. The molecule has 0 amide bonds. The molecule has 4 heteroatoms. The largest absolute Gasteiger partial charge is 0.326 e. The molecule has 0 saturated heterocycles. The first kappa shape index (κ1) is 11.5. The lowest BCUT2D eigenvalue weighted by Crippen LogP contribution is -2.33. The second kappa shape index (κ2) is 4.61. The van der Waals surface area contributed by atoms with Crippen molar-refractivity contribution in [2.45, 2.75) is 37.8 Å². The Hall–Kier alpha value is -1.55. The molecule has 0 bridgehead atoms. The summed E-state index contributed by atoms with van der Waals surface area (Å²) < 4.78 is 1.95. The van der Waals surface area contributed by atoms with Gasteiger partial charge in [0.25, 0.3) is 0 Å². The first-order valence-electron chi connectivity index (χ1n) is 6.66. The van der Waals surface area contributed by atoms with Crippen molar-refractivity contribution in [2.75, 3.05) is 7.05 Å². The van der Waals surface area contributed by atoms with Crippen molar-refractivity contribution < 1.29 is 0 Å². The number of fused-ring (bicyclic) bond motifs is 1. The molecule has 1 fully saturated rings. The number of benzene rings is 1. The van der Waals surface area contributed by atoms with E-state index in [1.165, 1.54) is 0 Å². The van der Waals surface area contributed by atoms with Gasteiger partial charge < -0.3 is 10.3 Å². The van der Waals surface area contributed by atoms with Crippen molar-refractivity contribution >= 4 is 11.0 Å². The fourth-order valence-electron chi connectivity index (χ4n) is 3.06. The van der Waals surface area contributed by atoms with Gasteiger partial charge in [0, 0.05) is 12.1 Å². The summed E-state index contributed by atoms with van der Waals surface area (Å²) in [7, 11) is 2.02. The van der Waals surface area contributed by atoms with Gasteiger partial charge in [0.2, 0.25) is 0 Å². The van der Waals surface area contributed by atoms with Crippen molar-refractivity contribution in [3.05, 3.63) is 34.7 Å². The van der Waals surface area contributed by atoms with Crippen LogP contribution in [0.25, 0.3) is 11.0 Å². The Morgan fingerprint density at radius 1 is 1.22 bits per heavy atom. The molecule has 1 heterocycles. The summed E-state index contributed by atoms with van der Waals surface area (Å²) >= 11 is 0. The molecule has 0 atom stereocenters. The number of aromatic amines is 1. The molecule has 0 spiro atoms. The van der Waals surface area contributed by atoms with Crippen molar-refractivity contribution in [2.24, 2.45) is 0 Å². The number of nitrogens with zero attached hydrogens (tertiary/aromatic N) is 1. The minimum Gasteiger partial charge on any atom is -0.317 e. The second-order valence-electron chi connectivity index (χ2n) is 5.11. The minimum atomic E-state index is 0.0316. The number of hydrogen-bond donors (Lipinski definition) is 2. The minimum absolute atomic E-state index is 0.0316. The van der Waals surface area contributed by atoms with Gasteiger partial charge in [0.05, 0.1) is 11.0 Å². The monoisotopic (exact) mass is 245 g/mol. The summed E-state index contributed by atoms with van der Waals surface area (Å²) in [4.78, 5) is 15.0. The highest BCUT2D eigenvalue weighted by Crippen LogP contribution is 2.29. The van der Waals surface area contributed by atoms with Crippen LogP contribution < -0.4 is 11.0 Å². The zero-order valence-electron chi connectivity index (χ0n) is 10.6. The second-order valence-corrected chi connectivity index (χ2v) is 5.11. The van der Waals surface area contributed by atoms with Gasteiger partial charge in [0.1, 0.15) is 0 Å². The molecule has 3 rings (SSSR count). The highest BCUT2D eigenvalue weighted by atomic mass is 16.1. The van der Waals surface area contributed by atoms with Crippen LogP contribution in [0.5, 0.6) is 0 Å². The van der Waals surface area contributed by atoms with Crippen LogP contribution in [0.15, 0.2) is 29.1 Å². The Kier molecular flexibility index (Phi) is 2.96. The Labute approximate surface area is 106 Å². The number of H-pyrrole nitrogens is 1. The van der Waals surface area contributed by atoms with Crippen LogP contribution in [-0.2, 0) is 0 Å². The lowest BCUT2D eigenvalue weighted by molar-refractivity contribution is 0.301. The molecule has 1 aliphatic carbocycles. The van der Waals surface area contributed by atoms with Crippen LogP contribution in [0.4, 0.5) is 0 Å². The number of hydrogen-bond acceptors (Lipinski definition) is 2. The molecule has 0 radical (unpaired) electrons. The molecule has 0 aliphatic heterocycles. The number of imidazole rings is 1. The normalized spacial score (nSPS) is 24.5. The molecule has 1 aromatic heterocycles. The van der Waals surface area contributed by atoms with Crippen LogP contribution in [0.2, 0.25) is 0 Å². The van der Waals surface area contributed by atoms with Gasteiger partial charge >= 0.3 is 5.69 Å². The van der Waals surface area contributed by atoms with E-state index in [-0.39, 0.29) is 5.69 Å². The highest BCUT2D eigenvalue weighted by molar-refractivity contribution is 5.75. The third-order valence-corrected chi connectivity index (χ3v) is 4.09. The van der Waals surface area contributed by atoms with E-state index in [0.29, 0.717) is 12.1 Å². The summed E-state index contributed by atoms with van der Waals surface area (Å²) in [6.07, 6.45) is 4.45. The fourth-order valence-corrected chi connectivity index (χ4v) is 3.06. The Morgan fingerprint density at radius 2 is 1.94 bits per heavy atom. The van der Waals surface area contributed by atoms with Crippen molar-refractivity contribution in [3.63, 3.8) is 0 Å². The smallest absolute Gasteiger partial charge is 0.317 e. The van der Waals surface area contributed by atoms with E-state index in [0.717, 1.165) is 36.7 Å². The van der Waals surface area contributed by atoms with E-state index < -0.39 is 0 Å². The van der Waals surface area contributed by atoms with Crippen molar-refractivity contribution in [1.82, 2.24) is 14.9 Å². The molecule has 18 heavy (non-hydrogen) atoms. The number of aromatic nitrogens is 2. The van der Waals surface area contributed by atoms with E-state index in [1.807, 2.05) is 35.9 Å². The summed E-state index contributed by atoms with van der Waals surface area (Å²) in [6.45, 7) is 0. The average molecular weight is 245 g/mol. The molecule has 4 nitrogen and oxygen atoms in total. The molecule has 1 aromatic carbocycles. The molecular weight excluding hydrogens is 226 g/mol. The predicted octanol–water partition coefficient (Wildman–Crippen LogP) is 2.03. The highest BCUT2D eigenvalue weighted by Gasteiger charge is 2.23. The SMILES string of the molecule is CNC1CCC(n2c(=O)[nH]c3ccccc32)CC1. The van der Waals surface area contributed by atoms with Crippen LogP contribution in [0.3, 0.4) is 0 Å². The van der Waals surface area contributed by atoms with E-state index in [1.54, 1.807) is 0 Å². The van der Waals surface area contributed by atoms with E-state index in [4.69, 9.17) is 0 Å². The topological polar surface area (TPSA) is 49.8 Å². The molecule has 96 valence electrons. The average Bonchev–Trinajstić information content (AvgIpc) is 2.75.